The number of carbonyl (C=O) groups is 1. The quantitative estimate of drug-likeness (QED) is 0.242. The maximum Gasteiger partial charge on any atom is 0.372 e. The van der Waals surface area contributed by atoms with Crippen molar-refractivity contribution in [1.82, 2.24) is 4.42 Å². The molecule has 4 aromatic rings. The predicted octanol–water partition coefficient (Wildman–Crippen LogP) is 6.46. The van der Waals surface area contributed by atoms with Crippen LogP contribution in [0.2, 0.25) is 5.02 Å². The van der Waals surface area contributed by atoms with Gasteiger partial charge in [0.2, 0.25) is 5.76 Å². The average Bonchev–Trinajstić information content (AvgIpc) is 3.17. The monoisotopic (exact) mass is 546 g/mol. The number of halogens is 2. The summed E-state index contributed by atoms with van der Waals surface area (Å²) in [6, 6.07) is 19.0. The Morgan fingerprint density at radius 1 is 1.03 bits per heavy atom. The van der Waals surface area contributed by atoms with Crippen molar-refractivity contribution in [2.24, 2.45) is 0 Å². The second kappa shape index (κ2) is 10.5. The molecule has 0 aliphatic carbocycles. The average molecular weight is 547 g/mol. The van der Waals surface area contributed by atoms with Crippen LogP contribution in [0, 0.1) is 6.92 Å². The van der Waals surface area contributed by atoms with Crippen molar-refractivity contribution in [1.29, 1.82) is 0 Å². The molecular formula is C26H24Cl2N2O5S. The van der Waals surface area contributed by atoms with Crippen LogP contribution in [0.4, 0.5) is 5.69 Å². The van der Waals surface area contributed by atoms with Gasteiger partial charge in [-0.3, -0.25) is 4.31 Å². The Balaban J connectivity index is 1.71. The lowest BCUT2D eigenvalue weighted by Crippen LogP contribution is -2.32. The summed E-state index contributed by atoms with van der Waals surface area (Å²) in [7, 11) is -4.01. The number of fused-ring (bicyclic) bond motifs is 1. The first-order chi connectivity index (χ1) is 17.1. The second-order valence-corrected chi connectivity index (χ2v) is 11.0. The molecule has 0 radical (unpaired) electrons. The fraction of sp³-hybridized carbons (Fsp3) is 0.192. The van der Waals surface area contributed by atoms with E-state index in [-0.39, 0.29) is 23.7 Å². The molecule has 0 saturated carbocycles. The van der Waals surface area contributed by atoms with Gasteiger partial charge in [-0.25, -0.2) is 17.6 Å². The zero-order valence-electron chi connectivity index (χ0n) is 19.6. The number of aromatic carboxylic acids is 1. The van der Waals surface area contributed by atoms with Gasteiger partial charge in [0.05, 0.1) is 10.6 Å². The summed E-state index contributed by atoms with van der Waals surface area (Å²) in [5.74, 6) is -1.43. The van der Waals surface area contributed by atoms with Gasteiger partial charge in [-0.05, 0) is 73.1 Å². The van der Waals surface area contributed by atoms with E-state index >= 15 is 0 Å². The number of carboxylic acids is 1. The molecule has 0 amide bonds. The molecule has 0 fully saturated rings. The number of nitrogens with zero attached hydrogens (tertiary/aromatic N) is 2. The first-order valence-corrected chi connectivity index (χ1v) is 13.3. The topological polar surface area (TPSA) is 91.1 Å². The number of benzene rings is 3. The van der Waals surface area contributed by atoms with Gasteiger partial charge in [-0.1, -0.05) is 41.9 Å². The lowest BCUT2D eigenvalue weighted by atomic mass is 10.1. The summed E-state index contributed by atoms with van der Waals surface area (Å²) in [5.41, 5.74) is 2.78. The zero-order valence-corrected chi connectivity index (χ0v) is 21.9. The molecule has 0 aliphatic rings. The molecule has 3 aromatic carbocycles. The fourth-order valence-electron chi connectivity index (χ4n) is 4.11. The third-order valence-electron chi connectivity index (χ3n) is 5.83. The highest BCUT2D eigenvalue weighted by Crippen LogP contribution is 2.33. The minimum Gasteiger partial charge on any atom is -0.475 e. The molecule has 1 N–H and O–H groups in total. The highest BCUT2D eigenvalue weighted by atomic mass is 35.5. The van der Waals surface area contributed by atoms with Crippen LogP contribution in [0.5, 0.6) is 0 Å². The van der Waals surface area contributed by atoms with Crippen LogP contribution in [0.25, 0.3) is 11.0 Å². The summed E-state index contributed by atoms with van der Waals surface area (Å²) >= 11 is 12.8. The first kappa shape index (κ1) is 26.0. The zero-order chi connectivity index (χ0) is 26.0. The molecule has 0 aliphatic heterocycles. The maximum atomic E-state index is 13.8. The van der Waals surface area contributed by atoms with Crippen molar-refractivity contribution in [3.05, 3.63) is 94.2 Å². The molecule has 0 spiro atoms. The van der Waals surface area contributed by atoms with Crippen LogP contribution >= 0.6 is 23.4 Å². The van der Waals surface area contributed by atoms with Crippen molar-refractivity contribution in [2.75, 3.05) is 10.8 Å². The van der Waals surface area contributed by atoms with E-state index in [1.54, 1.807) is 36.5 Å². The number of furan rings is 1. The number of aryl methyl sites for hydroxylation is 1. The van der Waals surface area contributed by atoms with Crippen molar-refractivity contribution >= 4 is 56.0 Å². The van der Waals surface area contributed by atoms with Gasteiger partial charge in [0.15, 0.2) is 0 Å². The van der Waals surface area contributed by atoms with Gasteiger partial charge in [0.25, 0.3) is 10.0 Å². The molecule has 7 nitrogen and oxygen atoms in total. The molecule has 1 aromatic heterocycles. The van der Waals surface area contributed by atoms with Crippen molar-refractivity contribution in [2.45, 2.75) is 31.8 Å². The van der Waals surface area contributed by atoms with Crippen molar-refractivity contribution in [3.8, 4) is 0 Å². The van der Waals surface area contributed by atoms with E-state index in [1.165, 1.54) is 22.5 Å². The van der Waals surface area contributed by atoms with Crippen LogP contribution in [0.3, 0.4) is 0 Å². The molecule has 0 atom stereocenters. The summed E-state index contributed by atoms with van der Waals surface area (Å²) in [6.07, 6.45) is 0. The van der Waals surface area contributed by atoms with Gasteiger partial charge < -0.3 is 9.52 Å². The molecule has 10 heteroatoms. The Morgan fingerprint density at radius 2 is 1.75 bits per heavy atom. The Kier molecular flexibility index (Phi) is 7.61. The van der Waals surface area contributed by atoms with Crippen LogP contribution in [-0.4, -0.2) is 30.5 Å². The van der Waals surface area contributed by atoms with Crippen LogP contribution < -0.4 is 4.31 Å². The lowest BCUT2D eigenvalue weighted by molar-refractivity contribution is 0.0664. The number of hydrogen-bond acceptors (Lipinski definition) is 5. The van der Waals surface area contributed by atoms with E-state index in [0.717, 1.165) is 5.56 Å². The molecule has 0 unspecified atom stereocenters. The Morgan fingerprint density at radius 3 is 2.42 bits per heavy atom. The number of rotatable bonds is 9. The molecule has 1 heterocycles. The third-order valence-corrected chi connectivity index (χ3v) is 8.19. The minimum atomic E-state index is -4.01. The molecular weight excluding hydrogens is 523 g/mol. The van der Waals surface area contributed by atoms with E-state index in [2.05, 4.69) is 0 Å². The van der Waals surface area contributed by atoms with Crippen molar-refractivity contribution in [3.63, 3.8) is 0 Å². The Hall–Kier alpha value is -3.04. The normalized spacial score (nSPS) is 11.8. The molecule has 0 saturated heterocycles. The molecule has 36 heavy (non-hydrogen) atoms. The number of sulfonamides is 1. The van der Waals surface area contributed by atoms with Gasteiger partial charge in [0.1, 0.15) is 5.58 Å². The number of hydrogen-bond donors (Lipinski definition) is 1. The Bertz CT molecular complexity index is 1520. The largest absolute Gasteiger partial charge is 0.475 e. The SMILES string of the molecule is CCN(c1ccc(Cl)cc1CN(Cl)Cc1ccccc1)S(=O)(=O)c1ccc2oc(C(=O)O)c(C)c2c1. The Labute approximate surface area is 219 Å². The predicted molar refractivity (Wildman–Crippen MR) is 141 cm³/mol. The van der Waals surface area contributed by atoms with E-state index in [1.807, 2.05) is 30.3 Å². The standard InChI is InChI=1S/C26H24Cl2N2O5S/c1-3-30(36(33,34)21-10-12-24-22(14-21)17(2)25(35-24)26(31)32)23-11-9-20(27)13-19(23)16-29(28)15-18-7-5-4-6-8-18/h4-14H,3,15-16H2,1-2H3,(H,31,32). The first-order valence-electron chi connectivity index (χ1n) is 11.1. The lowest BCUT2D eigenvalue weighted by Gasteiger charge is -2.27. The highest BCUT2D eigenvalue weighted by molar-refractivity contribution is 7.92. The van der Waals surface area contributed by atoms with Crippen LogP contribution in [0.1, 0.15) is 34.2 Å². The van der Waals surface area contributed by atoms with Gasteiger partial charge >= 0.3 is 5.97 Å². The smallest absolute Gasteiger partial charge is 0.372 e. The fourth-order valence-corrected chi connectivity index (χ4v) is 6.11. The van der Waals surface area contributed by atoms with E-state index in [4.69, 9.17) is 27.8 Å². The van der Waals surface area contributed by atoms with Gasteiger partial charge in [0, 0.05) is 35.6 Å². The van der Waals surface area contributed by atoms with Gasteiger partial charge in [-0.2, -0.15) is 0 Å². The highest BCUT2D eigenvalue weighted by Gasteiger charge is 2.28. The maximum absolute atomic E-state index is 13.8. The summed E-state index contributed by atoms with van der Waals surface area (Å²) in [4.78, 5) is 11.5. The van der Waals surface area contributed by atoms with E-state index in [9.17, 15) is 18.3 Å². The summed E-state index contributed by atoms with van der Waals surface area (Å²) in [6.45, 7) is 4.18. The molecule has 188 valence electrons. The minimum absolute atomic E-state index is 0.0191. The number of anilines is 1. The van der Waals surface area contributed by atoms with E-state index < -0.39 is 16.0 Å². The summed E-state index contributed by atoms with van der Waals surface area (Å²) < 4.78 is 35.8. The summed E-state index contributed by atoms with van der Waals surface area (Å²) in [5, 5.41) is 10.2. The molecule has 4 rings (SSSR count). The van der Waals surface area contributed by atoms with Crippen LogP contribution in [0.15, 0.2) is 76.0 Å². The van der Waals surface area contributed by atoms with Crippen molar-refractivity contribution < 1.29 is 22.7 Å². The van der Waals surface area contributed by atoms with Gasteiger partial charge in [-0.15, -0.1) is 0 Å². The molecule has 0 bridgehead atoms. The number of carboxylic acid groups (broad SMARTS) is 1. The van der Waals surface area contributed by atoms with Crippen LogP contribution in [-0.2, 0) is 23.1 Å². The second-order valence-electron chi connectivity index (χ2n) is 8.23. The van der Waals surface area contributed by atoms with E-state index in [0.29, 0.717) is 39.4 Å². The third kappa shape index (κ3) is 5.22.